The van der Waals surface area contributed by atoms with Crippen LogP contribution < -0.4 is 9.47 Å². The number of carbonyl (C=O) groups is 1. The number of hydrogen-bond acceptors (Lipinski definition) is 4. The molecule has 0 fully saturated rings. The van der Waals surface area contributed by atoms with E-state index in [1.165, 1.54) is 0 Å². The third-order valence-electron chi connectivity index (χ3n) is 4.80. The van der Waals surface area contributed by atoms with Crippen LogP contribution in [0.5, 0.6) is 17.2 Å². The molecule has 0 aliphatic heterocycles. The number of halogens is 3. The Balaban J connectivity index is 1.73. The Hall–Kier alpha value is -2.93. The Kier molecular flexibility index (Phi) is 6.46. The maximum absolute atomic E-state index is 10.8. The van der Waals surface area contributed by atoms with Gasteiger partial charge in [0.1, 0.15) is 22.3 Å². The fraction of sp³-hybridized carbons (Fsp3) is 0.130. The first kappa shape index (κ1) is 22.3. The number of hydrogen-bond donors (Lipinski definition) is 1. The van der Waals surface area contributed by atoms with E-state index < -0.39 is 12.6 Å². The van der Waals surface area contributed by atoms with Gasteiger partial charge < -0.3 is 19.1 Å². The summed E-state index contributed by atoms with van der Waals surface area (Å²) in [5.74, 6) is 0.510. The number of carboxylic acid groups (broad SMARTS) is 1. The summed E-state index contributed by atoms with van der Waals surface area (Å²) in [5, 5.41) is 11.0. The lowest BCUT2D eigenvalue weighted by atomic mass is 10.2. The summed E-state index contributed by atoms with van der Waals surface area (Å²) in [6.07, 6.45) is 0. The summed E-state index contributed by atoms with van der Waals surface area (Å²) in [6.45, 7) is 1.86. The van der Waals surface area contributed by atoms with Gasteiger partial charge in [-0.05, 0) is 61.0 Å². The summed E-state index contributed by atoms with van der Waals surface area (Å²) >= 11 is 18.3. The molecule has 0 saturated carbocycles. The molecule has 2 heterocycles. The molecule has 164 valence electrons. The first-order chi connectivity index (χ1) is 15.3. The highest BCUT2D eigenvalue weighted by molar-refractivity contribution is 6.32. The second-order valence-electron chi connectivity index (χ2n) is 7.01. The molecule has 0 saturated heterocycles. The van der Waals surface area contributed by atoms with Gasteiger partial charge in [0.25, 0.3) is 0 Å². The minimum atomic E-state index is -1.08. The van der Waals surface area contributed by atoms with Crippen LogP contribution in [0.1, 0.15) is 11.3 Å². The van der Waals surface area contributed by atoms with Crippen LogP contribution in [0.4, 0.5) is 0 Å². The fourth-order valence-electron chi connectivity index (χ4n) is 3.31. The van der Waals surface area contributed by atoms with E-state index in [-0.39, 0.29) is 0 Å². The predicted molar refractivity (Wildman–Crippen MR) is 125 cm³/mol. The SMILES string of the molecule is Cc1c(Oc2ccc(Cl)cc2)c2ccc(Cl)nc2n1Cc1ccc(Cl)c(OCC(=O)O)c1. The van der Waals surface area contributed by atoms with Gasteiger partial charge in [-0.15, -0.1) is 0 Å². The number of rotatable bonds is 7. The standard InChI is InChI=1S/C23H17Cl3N2O4/c1-13-22(32-16-5-3-15(24)4-6-16)17-7-9-20(26)27-23(17)28(13)11-14-2-8-18(25)19(10-14)31-12-21(29)30/h2-10H,11-12H2,1H3,(H,29,30). The Morgan fingerprint density at radius 1 is 1.06 bits per heavy atom. The van der Waals surface area contributed by atoms with Crippen molar-refractivity contribution in [1.82, 2.24) is 9.55 Å². The van der Waals surface area contributed by atoms with Gasteiger partial charge in [-0.2, -0.15) is 0 Å². The van der Waals surface area contributed by atoms with Gasteiger partial charge in [-0.25, -0.2) is 9.78 Å². The largest absolute Gasteiger partial charge is 0.480 e. The summed E-state index contributed by atoms with van der Waals surface area (Å²) in [4.78, 5) is 15.3. The minimum Gasteiger partial charge on any atom is -0.480 e. The lowest BCUT2D eigenvalue weighted by molar-refractivity contribution is -0.139. The van der Waals surface area contributed by atoms with Gasteiger partial charge in [0.2, 0.25) is 0 Å². The van der Waals surface area contributed by atoms with Crippen molar-refractivity contribution in [2.45, 2.75) is 13.5 Å². The molecule has 1 N–H and O–H groups in total. The fourth-order valence-corrected chi connectivity index (χ4v) is 3.75. The van der Waals surface area contributed by atoms with Crippen molar-refractivity contribution in [3.8, 4) is 17.2 Å². The molecule has 0 aliphatic carbocycles. The van der Waals surface area contributed by atoms with Gasteiger partial charge in [-0.1, -0.05) is 40.9 Å². The molecule has 0 spiro atoms. The number of aliphatic carboxylic acids is 1. The number of carboxylic acids is 1. The average molecular weight is 492 g/mol. The van der Waals surface area contributed by atoms with Crippen molar-refractivity contribution >= 4 is 51.8 Å². The van der Waals surface area contributed by atoms with Crippen LogP contribution >= 0.6 is 34.8 Å². The van der Waals surface area contributed by atoms with Gasteiger partial charge in [0.15, 0.2) is 12.4 Å². The number of nitrogens with zero attached hydrogens (tertiary/aromatic N) is 2. The van der Waals surface area contributed by atoms with Crippen molar-refractivity contribution < 1.29 is 19.4 Å². The molecule has 2 aromatic heterocycles. The van der Waals surface area contributed by atoms with Crippen molar-refractivity contribution in [2.24, 2.45) is 0 Å². The number of aromatic nitrogens is 2. The van der Waals surface area contributed by atoms with E-state index in [1.807, 2.05) is 23.6 Å². The quantitative estimate of drug-likeness (QED) is 0.294. The molecular formula is C23H17Cl3N2O4. The van der Waals surface area contributed by atoms with E-state index in [0.29, 0.717) is 44.6 Å². The average Bonchev–Trinajstić information content (AvgIpc) is 3.00. The third kappa shape index (κ3) is 4.78. The van der Waals surface area contributed by atoms with Gasteiger partial charge >= 0.3 is 5.97 Å². The molecule has 0 amide bonds. The topological polar surface area (TPSA) is 73.6 Å². The molecule has 4 rings (SSSR count). The second kappa shape index (κ2) is 9.28. The number of benzene rings is 2. The van der Waals surface area contributed by atoms with Gasteiger partial charge in [0, 0.05) is 11.6 Å². The molecule has 6 nitrogen and oxygen atoms in total. The van der Waals surface area contributed by atoms with E-state index in [0.717, 1.165) is 16.6 Å². The van der Waals surface area contributed by atoms with E-state index in [9.17, 15) is 4.79 Å². The predicted octanol–water partition coefficient (Wildman–Crippen LogP) is 6.61. The van der Waals surface area contributed by atoms with E-state index in [2.05, 4.69) is 4.98 Å². The summed E-state index contributed by atoms with van der Waals surface area (Å²) in [7, 11) is 0. The molecule has 2 aromatic carbocycles. The lowest BCUT2D eigenvalue weighted by Gasteiger charge is -2.12. The van der Waals surface area contributed by atoms with Crippen LogP contribution in [-0.2, 0) is 11.3 Å². The van der Waals surface area contributed by atoms with Crippen molar-refractivity contribution in [3.05, 3.63) is 81.1 Å². The number of ether oxygens (including phenoxy) is 2. The van der Waals surface area contributed by atoms with Crippen molar-refractivity contribution in [3.63, 3.8) is 0 Å². The zero-order valence-corrected chi connectivity index (χ0v) is 19.1. The molecule has 0 bridgehead atoms. The first-order valence-electron chi connectivity index (χ1n) is 9.53. The molecule has 0 radical (unpaired) electrons. The summed E-state index contributed by atoms with van der Waals surface area (Å²) in [6, 6.07) is 15.9. The van der Waals surface area contributed by atoms with E-state index >= 15 is 0 Å². The second-order valence-corrected chi connectivity index (χ2v) is 8.24. The zero-order chi connectivity index (χ0) is 22.8. The molecule has 0 unspecified atom stereocenters. The molecule has 32 heavy (non-hydrogen) atoms. The van der Waals surface area contributed by atoms with Crippen LogP contribution in [0.25, 0.3) is 11.0 Å². The monoisotopic (exact) mass is 490 g/mol. The van der Waals surface area contributed by atoms with E-state index in [4.69, 9.17) is 49.4 Å². The maximum atomic E-state index is 10.8. The Morgan fingerprint density at radius 3 is 2.53 bits per heavy atom. The highest BCUT2D eigenvalue weighted by Gasteiger charge is 2.19. The summed E-state index contributed by atoms with van der Waals surface area (Å²) in [5.41, 5.74) is 2.34. The highest BCUT2D eigenvalue weighted by atomic mass is 35.5. The van der Waals surface area contributed by atoms with Crippen LogP contribution in [0.15, 0.2) is 54.6 Å². The van der Waals surface area contributed by atoms with Crippen molar-refractivity contribution in [2.75, 3.05) is 6.61 Å². The molecular weight excluding hydrogens is 475 g/mol. The van der Waals surface area contributed by atoms with Crippen LogP contribution in [0, 0.1) is 6.92 Å². The minimum absolute atomic E-state index is 0.296. The normalized spacial score (nSPS) is 11.0. The van der Waals surface area contributed by atoms with Crippen molar-refractivity contribution in [1.29, 1.82) is 0 Å². The third-order valence-corrected chi connectivity index (χ3v) is 5.57. The molecule has 0 atom stereocenters. The maximum Gasteiger partial charge on any atom is 0.341 e. The highest BCUT2D eigenvalue weighted by Crippen LogP contribution is 2.37. The van der Waals surface area contributed by atoms with Gasteiger partial charge in [0.05, 0.1) is 16.1 Å². The molecule has 9 heteroatoms. The number of pyridine rings is 1. The number of fused-ring (bicyclic) bond motifs is 1. The van der Waals surface area contributed by atoms with Crippen LogP contribution in [0.3, 0.4) is 0 Å². The van der Waals surface area contributed by atoms with Gasteiger partial charge in [-0.3, -0.25) is 0 Å². The molecule has 4 aromatic rings. The Labute approximate surface area is 198 Å². The zero-order valence-electron chi connectivity index (χ0n) is 16.8. The first-order valence-corrected chi connectivity index (χ1v) is 10.7. The summed E-state index contributed by atoms with van der Waals surface area (Å²) < 4.78 is 13.4. The Bertz CT molecular complexity index is 1300. The smallest absolute Gasteiger partial charge is 0.341 e. The lowest BCUT2D eigenvalue weighted by Crippen LogP contribution is -2.10. The van der Waals surface area contributed by atoms with E-state index in [1.54, 1.807) is 42.5 Å². The Morgan fingerprint density at radius 2 is 1.81 bits per heavy atom. The van der Waals surface area contributed by atoms with Crippen LogP contribution in [0.2, 0.25) is 15.2 Å². The molecule has 0 aliphatic rings. The van der Waals surface area contributed by atoms with Crippen LogP contribution in [-0.4, -0.2) is 27.2 Å².